The van der Waals surface area contributed by atoms with E-state index in [0.717, 1.165) is 63.1 Å². The predicted molar refractivity (Wildman–Crippen MR) is 129 cm³/mol. The fourth-order valence-corrected chi connectivity index (χ4v) is 5.52. The number of fused-ring (bicyclic) bond motifs is 2. The minimum absolute atomic E-state index is 0.0641. The Bertz CT molecular complexity index is 978. The monoisotopic (exact) mass is 470 g/mol. The summed E-state index contributed by atoms with van der Waals surface area (Å²) < 4.78 is 19.4. The van der Waals surface area contributed by atoms with Crippen LogP contribution in [0.3, 0.4) is 0 Å². The zero-order chi connectivity index (χ0) is 24.3. The molecule has 7 nitrogen and oxygen atoms in total. The molecule has 0 saturated carbocycles. The first-order valence-corrected chi connectivity index (χ1v) is 12.2. The van der Waals surface area contributed by atoms with Gasteiger partial charge in [0, 0.05) is 57.8 Å². The van der Waals surface area contributed by atoms with E-state index in [1.807, 2.05) is 6.92 Å². The molecule has 2 saturated heterocycles. The molecule has 4 rings (SSSR count). The summed E-state index contributed by atoms with van der Waals surface area (Å²) in [6.45, 7) is 6.87. The Hall–Kier alpha value is -2.79. The normalized spacial score (nSPS) is 21.2. The van der Waals surface area contributed by atoms with Gasteiger partial charge in [-0.1, -0.05) is 12.8 Å². The molecule has 34 heavy (non-hydrogen) atoms. The van der Waals surface area contributed by atoms with Crippen molar-refractivity contribution in [3.63, 3.8) is 0 Å². The molecule has 184 valence electrons. The molecular weight excluding hydrogens is 435 g/mol. The maximum absolute atomic E-state index is 14.2. The smallest absolute Gasteiger partial charge is 0.410 e. The number of ether oxygens (including phenoxy) is 1. The van der Waals surface area contributed by atoms with Gasteiger partial charge in [0.1, 0.15) is 5.82 Å². The van der Waals surface area contributed by atoms with Crippen molar-refractivity contribution in [3.8, 4) is 11.8 Å². The van der Waals surface area contributed by atoms with Gasteiger partial charge in [0.25, 0.3) is 0 Å². The maximum Gasteiger partial charge on any atom is 0.410 e. The fourth-order valence-electron chi connectivity index (χ4n) is 5.52. The Balaban J connectivity index is 1.33. The van der Waals surface area contributed by atoms with Crippen molar-refractivity contribution in [3.05, 3.63) is 29.6 Å². The lowest BCUT2D eigenvalue weighted by Gasteiger charge is -2.40. The van der Waals surface area contributed by atoms with Crippen molar-refractivity contribution in [1.82, 2.24) is 14.7 Å². The maximum atomic E-state index is 14.2. The van der Waals surface area contributed by atoms with Gasteiger partial charge in [-0.2, -0.15) is 0 Å². The Kier molecular flexibility index (Phi) is 7.32. The number of hydrogen-bond donors (Lipinski definition) is 0. The first-order valence-electron chi connectivity index (χ1n) is 12.2. The largest absolute Gasteiger partial charge is 0.436 e. The molecule has 3 amide bonds. The molecule has 1 spiro atoms. The summed E-state index contributed by atoms with van der Waals surface area (Å²) in [4.78, 5) is 32.7. The van der Waals surface area contributed by atoms with Crippen molar-refractivity contribution >= 4 is 17.8 Å². The summed E-state index contributed by atoms with van der Waals surface area (Å²) in [5.41, 5.74) is 1.59. The number of benzene rings is 1. The molecule has 3 aliphatic heterocycles. The van der Waals surface area contributed by atoms with E-state index in [9.17, 15) is 14.0 Å². The third-order valence-corrected chi connectivity index (χ3v) is 7.34. The van der Waals surface area contributed by atoms with Gasteiger partial charge in [0.2, 0.25) is 0 Å². The lowest BCUT2D eigenvalue weighted by molar-refractivity contribution is 0.117. The van der Waals surface area contributed by atoms with Crippen LogP contribution in [0.25, 0.3) is 0 Å². The molecule has 0 radical (unpaired) electrons. The highest BCUT2D eigenvalue weighted by atomic mass is 19.1. The number of carbonyl (C=O) groups excluding carboxylic acids is 2. The molecule has 0 N–H and O–H groups in total. The second-order valence-corrected chi connectivity index (χ2v) is 9.87. The van der Waals surface area contributed by atoms with E-state index in [4.69, 9.17) is 4.74 Å². The lowest BCUT2D eigenvalue weighted by atomic mass is 9.74. The van der Waals surface area contributed by atoms with E-state index in [1.165, 1.54) is 6.07 Å². The quantitative estimate of drug-likeness (QED) is 0.635. The number of carbonyl (C=O) groups is 2. The van der Waals surface area contributed by atoms with Gasteiger partial charge >= 0.3 is 12.1 Å². The molecule has 3 heterocycles. The molecule has 8 heteroatoms. The van der Waals surface area contributed by atoms with Gasteiger partial charge in [-0.15, -0.1) is 5.92 Å². The van der Waals surface area contributed by atoms with Crippen LogP contribution in [0.2, 0.25) is 0 Å². The number of urea groups is 1. The van der Waals surface area contributed by atoms with Gasteiger partial charge in [0.05, 0.1) is 0 Å². The molecule has 3 aliphatic rings. The van der Waals surface area contributed by atoms with Crippen molar-refractivity contribution in [2.24, 2.45) is 5.92 Å². The van der Waals surface area contributed by atoms with E-state index in [0.29, 0.717) is 19.0 Å². The summed E-state index contributed by atoms with van der Waals surface area (Å²) in [5, 5.41) is 0. The topological polar surface area (TPSA) is 56.3 Å². The zero-order valence-corrected chi connectivity index (χ0v) is 20.5. The summed E-state index contributed by atoms with van der Waals surface area (Å²) in [6, 6.07) is 4.74. The number of piperidine rings is 1. The van der Waals surface area contributed by atoms with Gasteiger partial charge in [-0.05, 0) is 62.0 Å². The van der Waals surface area contributed by atoms with Crippen LogP contribution in [0.5, 0.6) is 0 Å². The number of nitrogens with zero attached hydrogens (tertiary/aromatic N) is 4. The van der Waals surface area contributed by atoms with Gasteiger partial charge < -0.3 is 19.4 Å². The van der Waals surface area contributed by atoms with Crippen molar-refractivity contribution in [2.45, 2.75) is 38.0 Å². The highest BCUT2D eigenvalue weighted by molar-refractivity contribution is 5.95. The predicted octanol–water partition coefficient (Wildman–Crippen LogP) is 3.53. The average molecular weight is 471 g/mol. The highest BCUT2D eigenvalue weighted by Gasteiger charge is 2.47. The molecule has 0 unspecified atom stereocenters. The Morgan fingerprint density at radius 2 is 1.97 bits per heavy atom. The molecule has 0 aliphatic carbocycles. The van der Waals surface area contributed by atoms with Crippen LogP contribution in [0.15, 0.2) is 18.2 Å². The van der Waals surface area contributed by atoms with Crippen LogP contribution in [-0.4, -0.2) is 86.8 Å². The summed E-state index contributed by atoms with van der Waals surface area (Å²) >= 11 is 0. The van der Waals surface area contributed by atoms with E-state index >= 15 is 0 Å². The molecular formula is C26H35FN4O3. The molecule has 1 aromatic carbocycles. The zero-order valence-electron chi connectivity index (χ0n) is 20.5. The number of hydrogen-bond acceptors (Lipinski definition) is 4. The number of anilines is 1. The van der Waals surface area contributed by atoms with E-state index in [-0.39, 0.29) is 30.0 Å². The second-order valence-electron chi connectivity index (χ2n) is 9.87. The third kappa shape index (κ3) is 5.00. The summed E-state index contributed by atoms with van der Waals surface area (Å²) in [6.07, 6.45) is 3.21. The molecule has 0 bridgehead atoms. The first kappa shape index (κ1) is 24.3. The molecule has 1 atom stereocenters. The molecule has 2 fully saturated rings. The van der Waals surface area contributed by atoms with Gasteiger partial charge in [-0.25, -0.2) is 14.0 Å². The van der Waals surface area contributed by atoms with Crippen LogP contribution >= 0.6 is 0 Å². The van der Waals surface area contributed by atoms with Crippen molar-refractivity contribution < 1.29 is 18.7 Å². The van der Waals surface area contributed by atoms with Crippen molar-refractivity contribution in [1.29, 1.82) is 0 Å². The number of rotatable bonds is 3. The average Bonchev–Trinajstić information content (AvgIpc) is 3.41. The van der Waals surface area contributed by atoms with E-state index in [2.05, 4.69) is 16.7 Å². The van der Waals surface area contributed by atoms with Gasteiger partial charge in [0.15, 0.2) is 6.61 Å². The van der Waals surface area contributed by atoms with Crippen LogP contribution in [0.4, 0.5) is 19.7 Å². The third-order valence-electron chi connectivity index (χ3n) is 7.34. The van der Waals surface area contributed by atoms with Crippen molar-refractivity contribution in [2.75, 3.05) is 64.9 Å². The van der Waals surface area contributed by atoms with E-state index in [1.54, 1.807) is 40.9 Å². The number of likely N-dealkylation sites (tertiary alicyclic amines) is 2. The number of halogens is 1. The Morgan fingerprint density at radius 1 is 1.21 bits per heavy atom. The van der Waals surface area contributed by atoms with Crippen LogP contribution < -0.4 is 4.90 Å². The number of amides is 3. The van der Waals surface area contributed by atoms with E-state index < -0.39 is 0 Å². The minimum atomic E-state index is -0.277. The molecule has 1 aromatic rings. The first-order chi connectivity index (χ1) is 16.3. The van der Waals surface area contributed by atoms with Crippen LogP contribution in [0.1, 0.15) is 38.2 Å². The van der Waals surface area contributed by atoms with Crippen LogP contribution in [-0.2, 0) is 10.2 Å². The Labute approximate surface area is 201 Å². The Morgan fingerprint density at radius 3 is 2.68 bits per heavy atom. The SMILES string of the molecule is CCC#CCOC(=O)N1CC[C@H](CN2CCC3(CC2)CN(C(=O)N(C)C)c2ccc(F)cc23)C1. The van der Waals surface area contributed by atoms with Gasteiger partial charge in [-0.3, -0.25) is 4.90 Å². The lowest BCUT2D eigenvalue weighted by Crippen LogP contribution is -2.48. The fraction of sp³-hybridized carbons (Fsp3) is 0.615. The molecule has 0 aromatic heterocycles. The summed E-state index contributed by atoms with van der Waals surface area (Å²) in [5.74, 6) is 5.91. The van der Waals surface area contributed by atoms with Crippen LogP contribution in [0, 0.1) is 23.6 Å². The second kappa shape index (κ2) is 10.2. The minimum Gasteiger partial charge on any atom is -0.436 e. The summed E-state index contributed by atoms with van der Waals surface area (Å²) in [7, 11) is 3.50. The standard InChI is InChI=1S/C26H35FN4O3/c1-4-5-6-15-34-25(33)30-12-9-20(18-30)17-29-13-10-26(11-14-29)19-31(24(32)28(2)3)23-8-7-21(27)16-22(23)26/h7-8,16,20H,4,9-15,17-19H2,1-3H3/t20-/m1/s1. The highest BCUT2D eigenvalue weighted by Crippen LogP contribution is 2.47.